The molecule has 0 saturated carbocycles. The van der Waals surface area contributed by atoms with E-state index in [1.807, 2.05) is 13.8 Å². The van der Waals surface area contributed by atoms with E-state index in [-0.39, 0.29) is 22.9 Å². The van der Waals surface area contributed by atoms with Crippen molar-refractivity contribution in [2.75, 3.05) is 0 Å². The minimum atomic E-state index is -0.237. The summed E-state index contributed by atoms with van der Waals surface area (Å²) in [5.41, 5.74) is 7.30. The maximum absolute atomic E-state index is 11.3. The first-order valence-corrected chi connectivity index (χ1v) is 9.55. The van der Waals surface area contributed by atoms with Crippen LogP contribution in [0.3, 0.4) is 0 Å². The van der Waals surface area contributed by atoms with Crippen molar-refractivity contribution >= 4 is 22.9 Å². The van der Waals surface area contributed by atoms with Crippen LogP contribution >= 0.6 is 17.0 Å². The summed E-state index contributed by atoms with van der Waals surface area (Å²) in [6.45, 7) is 6.22. The predicted molar refractivity (Wildman–Crippen MR) is 108 cm³/mol. The van der Waals surface area contributed by atoms with Gasteiger partial charge in [0, 0.05) is 5.57 Å². The van der Waals surface area contributed by atoms with Gasteiger partial charge in [-0.3, -0.25) is 4.79 Å². The Labute approximate surface area is 155 Å². The molecule has 0 unspecified atom stereocenters. The van der Waals surface area contributed by atoms with Crippen LogP contribution in [0.1, 0.15) is 111 Å². The van der Waals surface area contributed by atoms with Crippen LogP contribution in [-0.4, -0.2) is 5.91 Å². The van der Waals surface area contributed by atoms with Gasteiger partial charge in [-0.1, -0.05) is 89.5 Å². The molecule has 2 N–H and O–H groups in total. The van der Waals surface area contributed by atoms with Crippen LogP contribution in [0.5, 0.6) is 0 Å². The third-order valence-electron chi connectivity index (χ3n) is 4.43. The van der Waals surface area contributed by atoms with Crippen LogP contribution < -0.4 is 5.73 Å². The highest BCUT2D eigenvalue weighted by Gasteiger charge is 2.06. The Morgan fingerprint density at radius 3 is 1.35 bits per heavy atom. The summed E-state index contributed by atoms with van der Waals surface area (Å²) < 4.78 is 0. The normalized spacial score (nSPS) is 10.2. The molecule has 23 heavy (non-hydrogen) atoms. The number of unbranched alkanes of at least 4 members (excludes halogenated alkanes) is 12. The van der Waals surface area contributed by atoms with Crippen molar-refractivity contribution < 1.29 is 4.79 Å². The molecule has 138 valence electrons. The SMILES string of the molecule is Br.CCCCCCCCCCCCCCCC(C(N)=O)=C(C)C. The molecule has 0 radical (unpaired) electrons. The first-order chi connectivity index (χ1) is 10.6. The van der Waals surface area contributed by atoms with Crippen LogP contribution in [0.4, 0.5) is 0 Å². The molecular weight excluding hydrogens is 350 g/mol. The minimum absolute atomic E-state index is 0. The average Bonchev–Trinajstić information content (AvgIpc) is 2.46. The van der Waals surface area contributed by atoms with Crippen molar-refractivity contribution in [2.24, 2.45) is 5.73 Å². The monoisotopic (exact) mass is 389 g/mol. The molecule has 0 aliphatic carbocycles. The second-order valence-corrected chi connectivity index (χ2v) is 6.84. The number of halogens is 1. The summed E-state index contributed by atoms with van der Waals surface area (Å²) in [5.74, 6) is -0.237. The molecule has 0 aliphatic heterocycles. The number of nitrogens with two attached hydrogens (primary N) is 1. The van der Waals surface area contributed by atoms with E-state index in [1.165, 1.54) is 77.0 Å². The smallest absolute Gasteiger partial charge is 0.244 e. The number of rotatable bonds is 15. The topological polar surface area (TPSA) is 43.1 Å². The zero-order valence-electron chi connectivity index (χ0n) is 15.8. The number of carbonyl (C=O) groups is 1. The predicted octanol–water partition coefficient (Wildman–Crippen LogP) is 6.87. The lowest BCUT2D eigenvalue weighted by Gasteiger charge is -2.06. The zero-order chi connectivity index (χ0) is 16.6. The van der Waals surface area contributed by atoms with Crippen molar-refractivity contribution in [3.63, 3.8) is 0 Å². The fraction of sp³-hybridized carbons (Fsp3) is 0.850. The van der Waals surface area contributed by atoms with Gasteiger partial charge in [0.1, 0.15) is 0 Å². The highest BCUT2D eigenvalue weighted by atomic mass is 79.9. The fourth-order valence-corrected chi connectivity index (χ4v) is 2.94. The Hall–Kier alpha value is -0.310. The van der Waals surface area contributed by atoms with Crippen LogP contribution in [-0.2, 0) is 4.79 Å². The quantitative estimate of drug-likeness (QED) is 0.241. The number of amides is 1. The standard InChI is InChI=1S/C20H39NO.BrH/c1-4-5-6-7-8-9-10-11-12-13-14-15-16-17-19(18(2)3)20(21)22;/h4-17H2,1-3H3,(H2,21,22);1H. The summed E-state index contributed by atoms with van der Waals surface area (Å²) >= 11 is 0. The average molecular weight is 390 g/mol. The fourth-order valence-electron chi connectivity index (χ4n) is 2.94. The van der Waals surface area contributed by atoms with E-state index in [0.29, 0.717) is 0 Å². The maximum Gasteiger partial charge on any atom is 0.244 e. The van der Waals surface area contributed by atoms with Crippen molar-refractivity contribution in [1.29, 1.82) is 0 Å². The Morgan fingerprint density at radius 1 is 0.696 bits per heavy atom. The van der Waals surface area contributed by atoms with E-state index < -0.39 is 0 Å². The lowest BCUT2D eigenvalue weighted by molar-refractivity contribution is -0.114. The van der Waals surface area contributed by atoms with Crippen molar-refractivity contribution in [1.82, 2.24) is 0 Å². The van der Waals surface area contributed by atoms with Crippen LogP contribution in [0, 0.1) is 0 Å². The Balaban J connectivity index is 0. The largest absolute Gasteiger partial charge is 0.366 e. The molecule has 0 aromatic rings. The molecule has 1 amide bonds. The molecule has 0 heterocycles. The number of carbonyl (C=O) groups excluding carboxylic acids is 1. The number of allylic oxidation sites excluding steroid dienone is 1. The van der Waals surface area contributed by atoms with Crippen LogP contribution in [0.2, 0.25) is 0 Å². The van der Waals surface area contributed by atoms with E-state index in [9.17, 15) is 4.79 Å². The third kappa shape index (κ3) is 16.3. The first-order valence-electron chi connectivity index (χ1n) is 9.55. The highest BCUT2D eigenvalue weighted by Crippen LogP contribution is 2.16. The van der Waals surface area contributed by atoms with Gasteiger partial charge in [0.15, 0.2) is 0 Å². The van der Waals surface area contributed by atoms with Gasteiger partial charge < -0.3 is 5.73 Å². The first kappa shape index (κ1) is 24.9. The van der Waals surface area contributed by atoms with E-state index in [1.54, 1.807) is 0 Å². The zero-order valence-corrected chi connectivity index (χ0v) is 17.5. The molecule has 0 bridgehead atoms. The lowest BCUT2D eigenvalue weighted by atomic mass is 10.0. The third-order valence-corrected chi connectivity index (χ3v) is 4.43. The van der Waals surface area contributed by atoms with Crippen molar-refractivity contribution in [3.8, 4) is 0 Å². The van der Waals surface area contributed by atoms with Crippen LogP contribution in [0.15, 0.2) is 11.1 Å². The van der Waals surface area contributed by atoms with Gasteiger partial charge >= 0.3 is 0 Å². The minimum Gasteiger partial charge on any atom is -0.366 e. The highest BCUT2D eigenvalue weighted by molar-refractivity contribution is 8.93. The molecular formula is C20H40BrNO. The van der Waals surface area contributed by atoms with E-state index in [2.05, 4.69) is 6.92 Å². The molecule has 0 spiro atoms. The Morgan fingerprint density at radius 2 is 1.04 bits per heavy atom. The maximum atomic E-state index is 11.3. The van der Waals surface area contributed by atoms with Gasteiger partial charge in [0.05, 0.1) is 0 Å². The van der Waals surface area contributed by atoms with Gasteiger partial charge in [-0.15, -0.1) is 17.0 Å². The summed E-state index contributed by atoms with van der Waals surface area (Å²) in [7, 11) is 0. The number of hydrogen-bond donors (Lipinski definition) is 1. The number of hydrogen-bond acceptors (Lipinski definition) is 1. The molecule has 0 aromatic heterocycles. The van der Waals surface area contributed by atoms with Gasteiger partial charge in [-0.25, -0.2) is 0 Å². The molecule has 2 nitrogen and oxygen atoms in total. The molecule has 0 fully saturated rings. The molecule has 0 atom stereocenters. The van der Waals surface area contributed by atoms with Crippen molar-refractivity contribution in [2.45, 2.75) is 111 Å². The second kappa shape index (κ2) is 18.0. The van der Waals surface area contributed by atoms with Crippen molar-refractivity contribution in [3.05, 3.63) is 11.1 Å². The van der Waals surface area contributed by atoms with E-state index in [4.69, 9.17) is 5.73 Å². The summed E-state index contributed by atoms with van der Waals surface area (Å²) in [5, 5.41) is 0. The summed E-state index contributed by atoms with van der Waals surface area (Å²) in [4.78, 5) is 11.3. The Kier molecular flexibility index (Phi) is 19.6. The van der Waals surface area contributed by atoms with Gasteiger partial charge in [0.2, 0.25) is 5.91 Å². The van der Waals surface area contributed by atoms with Gasteiger partial charge in [-0.2, -0.15) is 0 Å². The number of primary amides is 1. The summed E-state index contributed by atoms with van der Waals surface area (Å²) in [6, 6.07) is 0. The molecule has 0 rings (SSSR count). The van der Waals surface area contributed by atoms with Gasteiger partial charge in [0.25, 0.3) is 0 Å². The van der Waals surface area contributed by atoms with E-state index in [0.717, 1.165) is 24.0 Å². The van der Waals surface area contributed by atoms with Gasteiger partial charge in [-0.05, 0) is 26.7 Å². The lowest BCUT2D eigenvalue weighted by Crippen LogP contribution is -2.15. The molecule has 0 aliphatic rings. The summed E-state index contributed by atoms with van der Waals surface area (Å²) in [6.07, 6.45) is 18.5. The van der Waals surface area contributed by atoms with E-state index >= 15 is 0 Å². The Bertz CT molecular complexity index is 309. The molecule has 0 aromatic carbocycles. The molecule has 3 heteroatoms. The second-order valence-electron chi connectivity index (χ2n) is 6.84. The van der Waals surface area contributed by atoms with Crippen LogP contribution in [0.25, 0.3) is 0 Å². The molecule has 0 saturated heterocycles.